The first-order valence-corrected chi connectivity index (χ1v) is 7.96. The molecule has 0 heterocycles. The van der Waals surface area contributed by atoms with Crippen LogP contribution in [0.4, 0.5) is 13.2 Å². The Labute approximate surface area is 149 Å². The zero-order chi connectivity index (χ0) is 19.2. The molecule has 1 atom stereocenters. The minimum atomic E-state index is -4.55. The lowest BCUT2D eigenvalue weighted by atomic mass is 10.0. The smallest absolute Gasteiger partial charge is 0.340 e. The van der Waals surface area contributed by atoms with Crippen LogP contribution in [0, 0.1) is 5.92 Å². The van der Waals surface area contributed by atoms with E-state index < -0.39 is 36.5 Å². The summed E-state index contributed by atoms with van der Waals surface area (Å²) in [7, 11) is 0. The highest BCUT2D eigenvalue weighted by molar-refractivity contribution is 6.33. The van der Waals surface area contributed by atoms with Gasteiger partial charge in [-0.15, -0.1) is 6.58 Å². The first-order chi connectivity index (χ1) is 11.6. The molecule has 0 radical (unpaired) electrons. The average Bonchev–Trinajstić information content (AvgIpc) is 2.50. The summed E-state index contributed by atoms with van der Waals surface area (Å²) in [4.78, 5) is 25.5. The minimum absolute atomic E-state index is 0.147. The van der Waals surface area contributed by atoms with E-state index >= 15 is 0 Å². The molecule has 0 saturated heterocycles. The maximum atomic E-state index is 12.7. The van der Waals surface area contributed by atoms with Gasteiger partial charge in [0.05, 0.1) is 10.6 Å². The molecule has 0 aliphatic heterocycles. The number of alkyl halides is 3. The maximum absolute atomic E-state index is 12.7. The van der Waals surface area contributed by atoms with E-state index in [9.17, 15) is 22.8 Å². The Bertz CT molecular complexity index is 633. The largest absolute Gasteiger partial charge is 0.406 e. The third-order valence-electron chi connectivity index (χ3n) is 3.37. The topological polar surface area (TPSA) is 49.4 Å². The second kappa shape index (κ2) is 8.89. The van der Waals surface area contributed by atoms with Gasteiger partial charge < -0.3 is 10.2 Å². The Kier molecular flexibility index (Phi) is 7.48. The highest BCUT2D eigenvalue weighted by Gasteiger charge is 2.36. The van der Waals surface area contributed by atoms with Crippen molar-refractivity contribution in [1.29, 1.82) is 0 Å². The molecule has 0 aromatic heterocycles. The SMILES string of the molecule is C=CCN(CC(F)(F)F)C(=O)C(NC(=O)c1ccccc1Cl)C(C)C. The Morgan fingerprint density at radius 1 is 1.32 bits per heavy atom. The van der Waals surface area contributed by atoms with Crippen LogP contribution in [0.25, 0.3) is 0 Å². The number of carbonyl (C=O) groups is 2. The lowest BCUT2D eigenvalue weighted by Crippen LogP contribution is -2.53. The van der Waals surface area contributed by atoms with Crippen molar-refractivity contribution < 1.29 is 22.8 Å². The highest BCUT2D eigenvalue weighted by Crippen LogP contribution is 2.19. The molecule has 0 aliphatic carbocycles. The maximum Gasteiger partial charge on any atom is 0.406 e. The molecule has 1 rings (SSSR count). The van der Waals surface area contributed by atoms with E-state index in [1.165, 1.54) is 18.2 Å². The summed E-state index contributed by atoms with van der Waals surface area (Å²) in [6.07, 6.45) is -3.34. The lowest BCUT2D eigenvalue weighted by molar-refractivity contribution is -0.161. The molecule has 1 N–H and O–H groups in total. The van der Waals surface area contributed by atoms with Gasteiger partial charge in [0.1, 0.15) is 12.6 Å². The monoisotopic (exact) mass is 376 g/mol. The molecular weight excluding hydrogens is 357 g/mol. The van der Waals surface area contributed by atoms with Crippen molar-refractivity contribution in [3.05, 3.63) is 47.5 Å². The normalized spacial score (nSPS) is 12.6. The number of carbonyl (C=O) groups excluding carboxylic acids is 2. The Balaban J connectivity index is 3.01. The summed E-state index contributed by atoms with van der Waals surface area (Å²) in [5.74, 6) is -1.87. The number of hydrogen-bond acceptors (Lipinski definition) is 2. The van der Waals surface area contributed by atoms with Crippen LogP contribution in [0.15, 0.2) is 36.9 Å². The number of halogens is 4. The molecule has 25 heavy (non-hydrogen) atoms. The Morgan fingerprint density at radius 3 is 2.40 bits per heavy atom. The van der Waals surface area contributed by atoms with E-state index in [-0.39, 0.29) is 17.1 Å². The van der Waals surface area contributed by atoms with Crippen LogP contribution < -0.4 is 5.32 Å². The summed E-state index contributed by atoms with van der Waals surface area (Å²) in [6.45, 7) is 4.95. The Morgan fingerprint density at radius 2 is 1.92 bits per heavy atom. The molecule has 1 unspecified atom stereocenters. The van der Waals surface area contributed by atoms with E-state index in [0.29, 0.717) is 4.90 Å². The zero-order valence-corrected chi connectivity index (χ0v) is 14.7. The standard InChI is InChI=1S/C17H20ClF3N2O2/c1-4-9-23(10-17(19,20)21)16(25)14(11(2)3)22-15(24)12-7-5-6-8-13(12)18/h4-8,11,14H,1,9-10H2,2-3H3,(H,22,24). The van der Waals surface area contributed by atoms with Gasteiger partial charge in [-0.05, 0) is 18.1 Å². The van der Waals surface area contributed by atoms with Crippen molar-refractivity contribution in [2.75, 3.05) is 13.1 Å². The molecule has 2 amide bonds. The van der Waals surface area contributed by atoms with Crippen molar-refractivity contribution >= 4 is 23.4 Å². The number of amides is 2. The van der Waals surface area contributed by atoms with Gasteiger partial charge in [0.15, 0.2) is 0 Å². The molecule has 138 valence electrons. The molecule has 0 saturated carbocycles. The van der Waals surface area contributed by atoms with E-state index in [1.54, 1.807) is 26.0 Å². The second-order valence-electron chi connectivity index (χ2n) is 5.80. The average molecular weight is 377 g/mol. The minimum Gasteiger partial charge on any atom is -0.340 e. The van der Waals surface area contributed by atoms with Crippen LogP contribution in [-0.2, 0) is 4.79 Å². The quantitative estimate of drug-likeness (QED) is 0.738. The number of rotatable bonds is 7. The van der Waals surface area contributed by atoms with Crippen molar-refractivity contribution in [1.82, 2.24) is 10.2 Å². The van der Waals surface area contributed by atoms with Gasteiger partial charge in [-0.1, -0.05) is 43.7 Å². The molecule has 0 aliphatic rings. The van der Waals surface area contributed by atoms with Gasteiger partial charge in [0.2, 0.25) is 5.91 Å². The number of nitrogens with one attached hydrogen (secondary N) is 1. The summed E-state index contributed by atoms with van der Waals surface area (Å²) < 4.78 is 38.1. The van der Waals surface area contributed by atoms with Gasteiger partial charge in [-0.25, -0.2) is 0 Å². The van der Waals surface area contributed by atoms with E-state index in [1.807, 2.05) is 0 Å². The number of benzene rings is 1. The molecule has 8 heteroatoms. The second-order valence-corrected chi connectivity index (χ2v) is 6.20. The van der Waals surface area contributed by atoms with E-state index in [4.69, 9.17) is 11.6 Å². The number of nitrogens with zero attached hydrogens (tertiary/aromatic N) is 1. The van der Waals surface area contributed by atoms with Crippen LogP contribution in [0.5, 0.6) is 0 Å². The summed E-state index contributed by atoms with van der Waals surface area (Å²) >= 11 is 5.94. The van der Waals surface area contributed by atoms with Crippen molar-refractivity contribution in [3.63, 3.8) is 0 Å². The zero-order valence-electron chi connectivity index (χ0n) is 13.9. The lowest BCUT2D eigenvalue weighted by Gasteiger charge is -2.29. The molecule has 4 nitrogen and oxygen atoms in total. The van der Waals surface area contributed by atoms with Crippen LogP contribution in [-0.4, -0.2) is 42.0 Å². The predicted molar refractivity (Wildman–Crippen MR) is 90.4 cm³/mol. The fourth-order valence-electron chi connectivity index (χ4n) is 2.18. The fourth-order valence-corrected chi connectivity index (χ4v) is 2.40. The van der Waals surface area contributed by atoms with Gasteiger partial charge in [-0.3, -0.25) is 9.59 Å². The third-order valence-corrected chi connectivity index (χ3v) is 3.70. The summed E-state index contributed by atoms with van der Waals surface area (Å²) in [6, 6.07) is 5.10. The van der Waals surface area contributed by atoms with Crippen LogP contribution in [0.1, 0.15) is 24.2 Å². The molecule has 0 spiro atoms. The summed E-state index contributed by atoms with van der Waals surface area (Å²) in [5.41, 5.74) is 0.147. The molecule has 1 aromatic carbocycles. The molecule has 0 fully saturated rings. The first kappa shape index (κ1) is 21.0. The van der Waals surface area contributed by atoms with Crippen molar-refractivity contribution in [2.24, 2.45) is 5.92 Å². The van der Waals surface area contributed by atoms with E-state index in [2.05, 4.69) is 11.9 Å². The third kappa shape index (κ3) is 6.42. The fraction of sp³-hybridized carbons (Fsp3) is 0.412. The van der Waals surface area contributed by atoms with Gasteiger partial charge in [0.25, 0.3) is 5.91 Å². The highest BCUT2D eigenvalue weighted by atomic mass is 35.5. The van der Waals surface area contributed by atoms with Gasteiger partial charge in [-0.2, -0.15) is 13.2 Å². The van der Waals surface area contributed by atoms with Crippen molar-refractivity contribution in [2.45, 2.75) is 26.1 Å². The van der Waals surface area contributed by atoms with E-state index in [0.717, 1.165) is 0 Å². The molecular formula is C17H20ClF3N2O2. The van der Waals surface area contributed by atoms with Crippen LogP contribution in [0.3, 0.4) is 0 Å². The summed E-state index contributed by atoms with van der Waals surface area (Å²) in [5, 5.41) is 2.67. The number of hydrogen-bond donors (Lipinski definition) is 1. The molecule has 0 bridgehead atoms. The van der Waals surface area contributed by atoms with Gasteiger partial charge in [0, 0.05) is 6.54 Å². The first-order valence-electron chi connectivity index (χ1n) is 7.58. The van der Waals surface area contributed by atoms with Crippen LogP contribution in [0.2, 0.25) is 5.02 Å². The predicted octanol–water partition coefficient (Wildman–Crippen LogP) is 3.67. The van der Waals surface area contributed by atoms with Gasteiger partial charge >= 0.3 is 6.18 Å². The van der Waals surface area contributed by atoms with Crippen LogP contribution >= 0.6 is 11.6 Å². The Hall–Kier alpha value is -2.02. The van der Waals surface area contributed by atoms with Crippen molar-refractivity contribution in [3.8, 4) is 0 Å². The molecule has 1 aromatic rings.